The molecule has 0 N–H and O–H groups in total. The lowest BCUT2D eigenvalue weighted by Crippen LogP contribution is -2.43. The van der Waals surface area contributed by atoms with Crippen LogP contribution in [0.3, 0.4) is 0 Å². The first-order valence-corrected chi connectivity index (χ1v) is 12.8. The summed E-state index contributed by atoms with van der Waals surface area (Å²) in [6.45, 7) is 1.39. The molecule has 0 atom stereocenters. The van der Waals surface area contributed by atoms with Crippen LogP contribution in [0.1, 0.15) is 49.4 Å². The molecule has 0 unspecified atom stereocenters. The molecule has 1 saturated heterocycles. The molecule has 1 amide bonds. The van der Waals surface area contributed by atoms with E-state index in [-0.39, 0.29) is 41.0 Å². The quantitative estimate of drug-likeness (QED) is 0.265. The van der Waals surface area contributed by atoms with Crippen molar-refractivity contribution in [1.29, 1.82) is 0 Å². The third-order valence-electron chi connectivity index (χ3n) is 6.99. The van der Waals surface area contributed by atoms with Gasteiger partial charge in [0.15, 0.2) is 6.61 Å². The maximum absolute atomic E-state index is 13.5. The fourth-order valence-electron chi connectivity index (χ4n) is 4.98. The van der Waals surface area contributed by atoms with E-state index in [0.717, 1.165) is 32.1 Å². The van der Waals surface area contributed by atoms with Crippen molar-refractivity contribution in [3.8, 4) is 5.75 Å². The van der Waals surface area contributed by atoms with E-state index in [1.807, 2.05) is 12.1 Å². The van der Waals surface area contributed by atoms with Gasteiger partial charge < -0.3 is 14.4 Å². The number of ether oxygens (including phenoxy) is 2. The Hall–Kier alpha value is -4.12. The number of hydrogen-bond acceptors (Lipinski definition) is 8. The van der Waals surface area contributed by atoms with Crippen LogP contribution in [0.2, 0.25) is 0 Å². The molecule has 0 bridgehead atoms. The summed E-state index contributed by atoms with van der Waals surface area (Å²) in [4.78, 5) is 43.7. The van der Waals surface area contributed by atoms with Crippen LogP contribution in [-0.4, -0.2) is 64.5 Å². The van der Waals surface area contributed by atoms with Gasteiger partial charge in [0.1, 0.15) is 5.82 Å². The summed E-state index contributed by atoms with van der Waals surface area (Å²) in [5.41, 5.74) is 0.303. The number of carbonyl (C=O) groups excluding carboxylic acids is 1. The van der Waals surface area contributed by atoms with E-state index in [1.54, 1.807) is 23.1 Å². The summed E-state index contributed by atoms with van der Waals surface area (Å²) in [6.07, 6.45) is 6.44. The van der Waals surface area contributed by atoms with E-state index in [1.165, 1.54) is 23.0 Å². The number of nitro benzene ring substituents is 1. The van der Waals surface area contributed by atoms with Crippen molar-refractivity contribution in [2.45, 2.75) is 38.0 Å². The molecule has 198 valence electrons. The number of aromatic nitrogens is 2. The third-order valence-corrected chi connectivity index (χ3v) is 6.99. The molecule has 0 radical (unpaired) electrons. The lowest BCUT2D eigenvalue weighted by Gasteiger charge is -2.26. The van der Waals surface area contributed by atoms with E-state index in [2.05, 4.69) is 5.10 Å². The Morgan fingerprint density at radius 1 is 1.13 bits per heavy atom. The van der Waals surface area contributed by atoms with E-state index in [4.69, 9.17) is 14.5 Å². The Morgan fingerprint density at radius 3 is 2.66 bits per heavy atom. The second-order valence-electron chi connectivity index (χ2n) is 9.42. The minimum atomic E-state index is -0.566. The molecule has 1 aliphatic carbocycles. The highest BCUT2D eigenvalue weighted by atomic mass is 16.6. The molecule has 3 aromatic rings. The number of carbonyl (C=O) groups is 1. The largest absolute Gasteiger partial charge is 0.476 e. The minimum absolute atomic E-state index is 0.0797. The van der Waals surface area contributed by atoms with Crippen LogP contribution in [-0.2, 0) is 9.53 Å². The second kappa shape index (κ2) is 11.5. The lowest BCUT2D eigenvalue weighted by molar-refractivity contribution is -0.385. The van der Waals surface area contributed by atoms with Crippen LogP contribution >= 0.6 is 0 Å². The highest BCUT2D eigenvalue weighted by molar-refractivity contribution is 5.86. The van der Waals surface area contributed by atoms with E-state index in [0.29, 0.717) is 43.0 Å². The lowest BCUT2D eigenvalue weighted by atomic mass is 9.88. The third kappa shape index (κ3) is 5.42. The number of nitro groups is 1. The van der Waals surface area contributed by atoms with Crippen molar-refractivity contribution < 1.29 is 19.2 Å². The summed E-state index contributed by atoms with van der Waals surface area (Å²) in [5, 5.41) is 16.7. The predicted molar refractivity (Wildman–Crippen MR) is 141 cm³/mol. The fraction of sp³-hybridized carbons (Fsp3) is 0.407. The van der Waals surface area contributed by atoms with Crippen molar-refractivity contribution in [3.63, 3.8) is 0 Å². The Bertz CT molecular complexity index is 1420. The van der Waals surface area contributed by atoms with Gasteiger partial charge >= 0.3 is 5.69 Å². The molecule has 2 fully saturated rings. The van der Waals surface area contributed by atoms with Crippen LogP contribution in [0, 0.1) is 10.1 Å². The maximum Gasteiger partial charge on any atom is 0.311 e. The molecular weight excluding hydrogens is 490 g/mol. The zero-order valence-electron chi connectivity index (χ0n) is 21.0. The van der Waals surface area contributed by atoms with Gasteiger partial charge in [0, 0.05) is 30.6 Å². The van der Waals surface area contributed by atoms with Crippen molar-refractivity contribution in [2.24, 2.45) is 5.10 Å². The maximum atomic E-state index is 13.5. The van der Waals surface area contributed by atoms with Gasteiger partial charge in [0.2, 0.25) is 5.75 Å². The van der Waals surface area contributed by atoms with Crippen molar-refractivity contribution in [1.82, 2.24) is 14.6 Å². The number of hydrogen-bond donors (Lipinski definition) is 0. The van der Waals surface area contributed by atoms with E-state index < -0.39 is 4.92 Å². The van der Waals surface area contributed by atoms with Gasteiger partial charge in [0.05, 0.1) is 35.3 Å². The first-order chi connectivity index (χ1) is 18.5. The van der Waals surface area contributed by atoms with Gasteiger partial charge in [-0.25, -0.2) is 4.98 Å². The molecule has 1 aliphatic heterocycles. The monoisotopic (exact) mass is 519 g/mol. The number of para-hydroxylation sites is 2. The topological polar surface area (TPSA) is 129 Å². The average Bonchev–Trinajstić information content (AvgIpc) is 2.96. The van der Waals surface area contributed by atoms with Crippen molar-refractivity contribution >= 4 is 28.7 Å². The molecule has 2 aromatic carbocycles. The van der Waals surface area contributed by atoms with Crippen LogP contribution in [0.5, 0.6) is 5.75 Å². The Morgan fingerprint density at radius 2 is 1.89 bits per heavy atom. The number of benzene rings is 2. The molecule has 1 saturated carbocycles. The fourth-order valence-corrected chi connectivity index (χ4v) is 4.98. The van der Waals surface area contributed by atoms with Gasteiger partial charge in [-0.15, -0.1) is 0 Å². The van der Waals surface area contributed by atoms with Gasteiger partial charge in [-0.3, -0.25) is 19.7 Å². The molecule has 11 heteroatoms. The number of nitrogens with zero attached hydrogens (tertiary/aromatic N) is 5. The molecule has 2 heterocycles. The van der Waals surface area contributed by atoms with Gasteiger partial charge in [-0.2, -0.15) is 9.78 Å². The van der Waals surface area contributed by atoms with E-state index >= 15 is 0 Å². The van der Waals surface area contributed by atoms with Crippen LogP contribution in [0.25, 0.3) is 10.9 Å². The highest BCUT2D eigenvalue weighted by Gasteiger charge is 2.24. The SMILES string of the molecule is O=C(COc1c(C=Nn2c(C3CCCCC3)nc3ccccc3c2=O)cccc1[N+](=O)[O-])N1CCOCC1. The van der Waals surface area contributed by atoms with Gasteiger partial charge in [-0.1, -0.05) is 37.5 Å². The second-order valence-corrected chi connectivity index (χ2v) is 9.42. The van der Waals surface area contributed by atoms with Gasteiger partial charge in [0.25, 0.3) is 11.5 Å². The summed E-state index contributed by atoms with van der Waals surface area (Å²) >= 11 is 0. The Balaban J connectivity index is 1.51. The van der Waals surface area contributed by atoms with Crippen LogP contribution in [0.4, 0.5) is 5.69 Å². The standard InChI is InChI=1S/C27H29N5O6/c33-24(30-13-15-37-16-14-30)18-38-25-20(9-6-12-23(25)32(35)36)17-28-31-26(19-7-2-1-3-8-19)29-22-11-5-4-10-21(22)27(31)34/h4-6,9-12,17,19H,1-3,7-8,13-16,18H2. The highest BCUT2D eigenvalue weighted by Crippen LogP contribution is 2.32. The summed E-state index contributed by atoms with van der Waals surface area (Å²) in [5.74, 6) is 0.304. The summed E-state index contributed by atoms with van der Waals surface area (Å²) in [7, 11) is 0. The summed E-state index contributed by atoms with van der Waals surface area (Å²) in [6, 6.07) is 11.6. The predicted octanol–water partition coefficient (Wildman–Crippen LogP) is 3.47. The zero-order chi connectivity index (χ0) is 26.5. The van der Waals surface area contributed by atoms with Crippen LogP contribution < -0.4 is 10.3 Å². The summed E-state index contributed by atoms with van der Waals surface area (Å²) < 4.78 is 12.3. The molecule has 5 rings (SSSR count). The molecule has 11 nitrogen and oxygen atoms in total. The normalized spacial score (nSPS) is 16.7. The average molecular weight is 520 g/mol. The molecule has 38 heavy (non-hydrogen) atoms. The molecule has 2 aliphatic rings. The van der Waals surface area contributed by atoms with Gasteiger partial charge in [-0.05, 0) is 31.0 Å². The number of amides is 1. The first kappa shape index (κ1) is 25.5. The molecule has 0 spiro atoms. The van der Waals surface area contributed by atoms with E-state index in [9.17, 15) is 19.7 Å². The number of fused-ring (bicyclic) bond motifs is 1. The first-order valence-electron chi connectivity index (χ1n) is 12.8. The Labute approximate surface area is 218 Å². The minimum Gasteiger partial charge on any atom is -0.476 e. The zero-order valence-corrected chi connectivity index (χ0v) is 21.0. The number of morpholine rings is 1. The van der Waals surface area contributed by atoms with Crippen LogP contribution in [0.15, 0.2) is 52.4 Å². The Kier molecular flexibility index (Phi) is 7.73. The van der Waals surface area contributed by atoms with Crippen molar-refractivity contribution in [2.75, 3.05) is 32.9 Å². The van der Waals surface area contributed by atoms with Crippen molar-refractivity contribution in [3.05, 3.63) is 74.3 Å². The molecule has 1 aromatic heterocycles. The smallest absolute Gasteiger partial charge is 0.311 e. The number of rotatable bonds is 7. The molecular formula is C27H29N5O6.